The summed E-state index contributed by atoms with van der Waals surface area (Å²) in [4.78, 5) is 21.1. The van der Waals surface area contributed by atoms with Crippen LogP contribution in [0.1, 0.15) is 40.0 Å². The molecule has 1 fully saturated rings. The van der Waals surface area contributed by atoms with Crippen LogP contribution in [0.3, 0.4) is 0 Å². The van der Waals surface area contributed by atoms with Crippen molar-refractivity contribution < 1.29 is 31.1 Å². The van der Waals surface area contributed by atoms with E-state index in [2.05, 4.69) is 9.97 Å². The number of halogens is 3. The normalized spacial score (nSPS) is 16.3. The van der Waals surface area contributed by atoms with E-state index in [4.69, 9.17) is 4.74 Å². The number of fused-ring (bicyclic) bond motifs is 1. The predicted molar refractivity (Wildman–Crippen MR) is 115 cm³/mol. The summed E-state index contributed by atoms with van der Waals surface area (Å²) in [6.07, 6.45) is -1.31. The zero-order valence-corrected chi connectivity index (χ0v) is 18.6. The maximum atomic E-state index is 12.9. The van der Waals surface area contributed by atoms with Gasteiger partial charge < -0.3 is 14.6 Å². The summed E-state index contributed by atoms with van der Waals surface area (Å²) < 4.78 is 68.5. The molecule has 5 rings (SSSR count). The van der Waals surface area contributed by atoms with Gasteiger partial charge in [-0.05, 0) is 66.8 Å². The topological polar surface area (TPSA) is 92.4 Å². The number of rotatable bonds is 5. The first-order valence-electron chi connectivity index (χ1n) is 10.7. The molecule has 2 heterocycles. The molecule has 1 aliphatic heterocycles. The van der Waals surface area contributed by atoms with E-state index in [0.717, 1.165) is 23.3 Å². The molecule has 2 aliphatic rings. The van der Waals surface area contributed by atoms with Crippen LogP contribution in [-0.4, -0.2) is 41.0 Å². The lowest BCUT2D eigenvalue weighted by Gasteiger charge is -2.28. The van der Waals surface area contributed by atoms with E-state index in [0.29, 0.717) is 38.1 Å². The molecule has 11 heteroatoms. The van der Waals surface area contributed by atoms with Gasteiger partial charge in [0, 0.05) is 19.3 Å². The number of nitrogens with one attached hydrogen (secondary N) is 1. The molecular weight excluding hydrogens is 471 g/mol. The third kappa shape index (κ3) is 4.39. The van der Waals surface area contributed by atoms with Gasteiger partial charge in [0.1, 0.15) is 17.2 Å². The Morgan fingerprint density at radius 1 is 1.06 bits per heavy atom. The molecule has 7 nitrogen and oxygen atoms in total. The fourth-order valence-electron chi connectivity index (χ4n) is 3.87. The van der Waals surface area contributed by atoms with Gasteiger partial charge in [-0.25, -0.2) is 13.4 Å². The number of imidazole rings is 1. The second kappa shape index (κ2) is 8.15. The minimum Gasteiger partial charge on any atom is -0.457 e. The summed E-state index contributed by atoms with van der Waals surface area (Å²) in [7, 11) is -3.51. The van der Waals surface area contributed by atoms with Gasteiger partial charge in [-0.15, -0.1) is 0 Å². The Morgan fingerprint density at radius 3 is 2.44 bits per heavy atom. The van der Waals surface area contributed by atoms with E-state index in [1.54, 1.807) is 11.0 Å². The number of aromatic amines is 1. The number of hydrogen-bond acceptors (Lipinski definition) is 5. The van der Waals surface area contributed by atoms with Gasteiger partial charge >= 0.3 is 6.18 Å². The average molecular weight is 491 g/mol. The Bertz CT molecular complexity index is 1350. The number of hydrogen-bond donors (Lipinski definition) is 1. The number of H-pyrrole nitrogens is 1. The summed E-state index contributed by atoms with van der Waals surface area (Å²) in [5.74, 6) is 0.417. The molecule has 1 saturated carbocycles. The molecule has 0 spiro atoms. The van der Waals surface area contributed by atoms with Crippen molar-refractivity contribution in [2.75, 3.05) is 6.54 Å². The molecule has 2 aromatic carbocycles. The van der Waals surface area contributed by atoms with Crippen LogP contribution in [0.4, 0.5) is 13.2 Å². The van der Waals surface area contributed by atoms with E-state index in [-0.39, 0.29) is 22.5 Å². The Morgan fingerprint density at radius 2 is 1.76 bits per heavy atom. The van der Waals surface area contributed by atoms with E-state index in [1.807, 2.05) is 12.1 Å². The summed E-state index contributed by atoms with van der Waals surface area (Å²) in [6, 6.07) is 9.78. The lowest BCUT2D eigenvalue weighted by molar-refractivity contribution is -0.137. The standard InChI is InChI=1S/C23H20F3N3O4S/c24-23(25,26)16-2-5-17(6-3-16)33-18-4-1-15-13-29(10-9-14(15)11-18)21(30)20-12-27-22(28-20)34(31,32)19-7-8-19/h1-6,11-12,19H,7-10,13H2,(H,27,28). The van der Waals surface area contributed by atoms with Crippen molar-refractivity contribution in [2.24, 2.45) is 0 Å². The zero-order chi connectivity index (χ0) is 24.1. The minimum absolute atomic E-state index is 0.0601. The minimum atomic E-state index is -4.41. The molecule has 0 atom stereocenters. The van der Waals surface area contributed by atoms with Gasteiger partial charge in [-0.2, -0.15) is 13.2 Å². The van der Waals surface area contributed by atoms with E-state index in [1.165, 1.54) is 18.3 Å². The number of ether oxygens (including phenoxy) is 1. The van der Waals surface area contributed by atoms with E-state index < -0.39 is 26.8 Å². The Balaban J connectivity index is 1.26. The number of amides is 1. The monoisotopic (exact) mass is 491 g/mol. The van der Waals surface area contributed by atoms with Crippen LogP contribution in [0.5, 0.6) is 11.5 Å². The molecule has 1 aliphatic carbocycles. The van der Waals surface area contributed by atoms with Crippen molar-refractivity contribution in [2.45, 2.75) is 42.4 Å². The van der Waals surface area contributed by atoms with Crippen molar-refractivity contribution in [3.63, 3.8) is 0 Å². The average Bonchev–Trinajstić information content (AvgIpc) is 3.55. The molecule has 0 radical (unpaired) electrons. The first kappa shape index (κ1) is 22.5. The zero-order valence-electron chi connectivity index (χ0n) is 17.8. The number of sulfone groups is 1. The number of benzene rings is 2. The Kier molecular flexibility index (Phi) is 5.38. The fraction of sp³-hybridized carbons (Fsp3) is 0.304. The fourth-order valence-corrected chi connectivity index (χ4v) is 5.39. The Labute approximate surface area is 193 Å². The third-order valence-corrected chi connectivity index (χ3v) is 8.00. The van der Waals surface area contributed by atoms with Crippen LogP contribution in [-0.2, 0) is 29.0 Å². The van der Waals surface area contributed by atoms with Crippen molar-refractivity contribution >= 4 is 15.7 Å². The quantitative estimate of drug-likeness (QED) is 0.573. The molecule has 0 bridgehead atoms. The molecule has 1 amide bonds. The van der Waals surface area contributed by atoms with Gasteiger partial charge in [-0.3, -0.25) is 4.79 Å². The molecular formula is C23H20F3N3O4S. The summed E-state index contributed by atoms with van der Waals surface area (Å²) >= 11 is 0. The predicted octanol–water partition coefficient (Wildman–Crippen LogP) is 4.36. The number of nitrogens with zero attached hydrogens (tertiary/aromatic N) is 2. The van der Waals surface area contributed by atoms with Crippen molar-refractivity contribution in [3.8, 4) is 11.5 Å². The number of alkyl halides is 3. The van der Waals surface area contributed by atoms with Gasteiger partial charge in [0.2, 0.25) is 15.0 Å². The molecule has 1 N–H and O–H groups in total. The smallest absolute Gasteiger partial charge is 0.416 e. The van der Waals surface area contributed by atoms with Crippen LogP contribution >= 0.6 is 0 Å². The van der Waals surface area contributed by atoms with Gasteiger partial charge in [0.15, 0.2) is 0 Å². The van der Waals surface area contributed by atoms with Crippen LogP contribution in [0.25, 0.3) is 0 Å². The first-order valence-corrected chi connectivity index (χ1v) is 12.2. The third-order valence-electron chi connectivity index (χ3n) is 5.90. The maximum absolute atomic E-state index is 12.9. The van der Waals surface area contributed by atoms with Gasteiger partial charge in [0.05, 0.1) is 10.8 Å². The first-order chi connectivity index (χ1) is 16.1. The molecule has 0 saturated heterocycles. The molecule has 1 aromatic heterocycles. The Hall–Kier alpha value is -3.34. The highest BCUT2D eigenvalue weighted by Gasteiger charge is 2.39. The molecule has 3 aromatic rings. The number of carbonyl (C=O) groups is 1. The van der Waals surface area contributed by atoms with E-state index >= 15 is 0 Å². The van der Waals surface area contributed by atoms with Gasteiger partial charge in [-0.1, -0.05) is 6.07 Å². The SMILES string of the molecule is O=C(c1c[nH]c(S(=O)(=O)C2CC2)n1)N1CCc2cc(Oc3ccc(C(F)(F)F)cc3)ccc2C1. The maximum Gasteiger partial charge on any atom is 0.416 e. The molecule has 178 valence electrons. The number of carbonyl (C=O) groups excluding carboxylic acids is 1. The molecule has 0 unspecified atom stereocenters. The summed E-state index contributed by atoms with van der Waals surface area (Å²) in [5.41, 5.74) is 1.18. The number of aromatic nitrogens is 2. The van der Waals surface area contributed by atoms with Crippen LogP contribution in [0.2, 0.25) is 0 Å². The van der Waals surface area contributed by atoms with Crippen LogP contribution in [0.15, 0.2) is 53.8 Å². The van der Waals surface area contributed by atoms with Crippen LogP contribution < -0.4 is 4.74 Å². The van der Waals surface area contributed by atoms with Crippen LogP contribution in [0, 0.1) is 0 Å². The highest BCUT2D eigenvalue weighted by atomic mass is 32.2. The van der Waals surface area contributed by atoms with Gasteiger partial charge in [0.25, 0.3) is 5.91 Å². The summed E-state index contributed by atoms with van der Waals surface area (Å²) in [5, 5.41) is -0.580. The van der Waals surface area contributed by atoms with E-state index in [9.17, 15) is 26.4 Å². The van der Waals surface area contributed by atoms with Crippen molar-refractivity contribution in [1.29, 1.82) is 0 Å². The lowest BCUT2D eigenvalue weighted by Crippen LogP contribution is -2.36. The largest absolute Gasteiger partial charge is 0.457 e. The van der Waals surface area contributed by atoms with Crippen molar-refractivity contribution in [3.05, 3.63) is 71.0 Å². The van der Waals surface area contributed by atoms with Crippen molar-refractivity contribution in [1.82, 2.24) is 14.9 Å². The second-order valence-electron chi connectivity index (χ2n) is 8.37. The highest BCUT2D eigenvalue weighted by Crippen LogP contribution is 2.33. The molecule has 34 heavy (non-hydrogen) atoms. The highest BCUT2D eigenvalue weighted by molar-refractivity contribution is 7.92. The second-order valence-corrected chi connectivity index (χ2v) is 10.5. The summed E-state index contributed by atoms with van der Waals surface area (Å²) in [6.45, 7) is 0.736. The lowest BCUT2D eigenvalue weighted by atomic mass is 9.99.